The zero-order valence-electron chi connectivity index (χ0n) is 10.4. The normalized spacial score (nSPS) is 10.2. The molecule has 0 aliphatic carbocycles. The lowest BCUT2D eigenvalue weighted by Crippen LogP contribution is -1.95. The lowest BCUT2D eigenvalue weighted by Gasteiger charge is -2.00. The van der Waals surface area contributed by atoms with Gasteiger partial charge in [-0.1, -0.05) is 18.2 Å². The lowest BCUT2D eigenvalue weighted by atomic mass is 10.3. The maximum absolute atomic E-state index is 10.5. The van der Waals surface area contributed by atoms with E-state index in [0.29, 0.717) is 11.4 Å². The highest BCUT2D eigenvalue weighted by Gasteiger charge is 2.05. The molecular weight excluding hydrogens is 256 g/mol. The van der Waals surface area contributed by atoms with Crippen LogP contribution in [-0.2, 0) is 0 Å². The van der Waals surface area contributed by atoms with Gasteiger partial charge in [-0.05, 0) is 18.2 Å². The Hall–Kier alpha value is -3.02. The molecule has 3 rings (SSSR count). The van der Waals surface area contributed by atoms with E-state index in [1.807, 2.05) is 30.3 Å². The number of hydrogen-bond acceptors (Lipinski definition) is 5. The van der Waals surface area contributed by atoms with Crippen molar-refractivity contribution >= 4 is 6.29 Å². The number of hydrogen-bond donors (Lipinski definition) is 0. The summed E-state index contributed by atoms with van der Waals surface area (Å²) in [5.74, 6) is 0.335. The van der Waals surface area contributed by atoms with Gasteiger partial charge in [0, 0.05) is 17.8 Å². The number of nitrogens with zero attached hydrogens (tertiary/aromatic N) is 4. The number of benzene rings is 1. The summed E-state index contributed by atoms with van der Waals surface area (Å²) in [5, 5.41) is 4.19. The van der Waals surface area contributed by atoms with Crippen LogP contribution in [-0.4, -0.2) is 26.0 Å². The first-order valence-corrected chi connectivity index (χ1v) is 5.91. The summed E-state index contributed by atoms with van der Waals surface area (Å²) >= 11 is 0. The second kappa shape index (κ2) is 5.31. The number of aldehydes is 1. The van der Waals surface area contributed by atoms with Gasteiger partial charge in [0.1, 0.15) is 6.33 Å². The molecule has 0 saturated carbocycles. The van der Waals surface area contributed by atoms with E-state index in [1.165, 1.54) is 6.20 Å². The molecule has 0 amide bonds. The Labute approximate surface area is 114 Å². The number of pyridine rings is 1. The van der Waals surface area contributed by atoms with E-state index in [1.54, 1.807) is 23.1 Å². The molecule has 0 saturated heterocycles. The van der Waals surface area contributed by atoms with Crippen molar-refractivity contribution in [1.29, 1.82) is 0 Å². The first-order chi connectivity index (χ1) is 9.85. The summed E-state index contributed by atoms with van der Waals surface area (Å²) in [6.45, 7) is 0. The van der Waals surface area contributed by atoms with Crippen LogP contribution in [0.5, 0.6) is 11.9 Å². The van der Waals surface area contributed by atoms with Gasteiger partial charge in [-0.25, -0.2) is 9.67 Å². The molecule has 0 N–H and O–H groups in total. The van der Waals surface area contributed by atoms with E-state index in [2.05, 4.69) is 15.1 Å². The minimum atomic E-state index is 0.195. The maximum Gasteiger partial charge on any atom is 0.342 e. The predicted molar refractivity (Wildman–Crippen MR) is 71.1 cm³/mol. The fourth-order valence-corrected chi connectivity index (χ4v) is 1.62. The van der Waals surface area contributed by atoms with Crippen molar-refractivity contribution < 1.29 is 9.53 Å². The van der Waals surface area contributed by atoms with E-state index in [9.17, 15) is 4.79 Å². The van der Waals surface area contributed by atoms with Crippen molar-refractivity contribution in [3.8, 4) is 17.6 Å². The van der Waals surface area contributed by atoms with E-state index < -0.39 is 0 Å². The van der Waals surface area contributed by atoms with Crippen LogP contribution in [0.3, 0.4) is 0 Å². The highest BCUT2D eigenvalue weighted by Crippen LogP contribution is 2.15. The largest absolute Gasteiger partial charge is 0.404 e. The van der Waals surface area contributed by atoms with Crippen molar-refractivity contribution in [2.24, 2.45) is 0 Å². The number of carbonyl (C=O) groups is 1. The third-order valence-electron chi connectivity index (χ3n) is 2.58. The van der Waals surface area contributed by atoms with E-state index in [0.717, 1.165) is 12.0 Å². The zero-order chi connectivity index (χ0) is 13.8. The van der Waals surface area contributed by atoms with Gasteiger partial charge in [0.05, 0.1) is 5.69 Å². The minimum Gasteiger partial charge on any atom is -0.404 e. The first kappa shape index (κ1) is 12.0. The second-order valence-electron chi connectivity index (χ2n) is 3.96. The van der Waals surface area contributed by atoms with Crippen LogP contribution in [0.15, 0.2) is 55.0 Å². The number of rotatable bonds is 4. The van der Waals surface area contributed by atoms with Gasteiger partial charge >= 0.3 is 6.01 Å². The van der Waals surface area contributed by atoms with Crippen molar-refractivity contribution in [2.75, 3.05) is 0 Å². The molecule has 0 bridgehead atoms. The van der Waals surface area contributed by atoms with Crippen LogP contribution < -0.4 is 4.74 Å². The Morgan fingerprint density at radius 2 is 1.90 bits per heavy atom. The fourth-order valence-electron chi connectivity index (χ4n) is 1.62. The first-order valence-electron chi connectivity index (χ1n) is 5.91. The minimum absolute atomic E-state index is 0.195. The molecule has 0 spiro atoms. The average Bonchev–Trinajstić information content (AvgIpc) is 2.97. The molecule has 0 aliphatic rings. The van der Waals surface area contributed by atoms with Crippen LogP contribution in [0.2, 0.25) is 0 Å². The fraction of sp³-hybridized carbons (Fsp3) is 0. The molecule has 6 heteroatoms. The van der Waals surface area contributed by atoms with Gasteiger partial charge < -0.3 is 4.74 Å². The topological polar surface area (TPSA) is 69.9 Å². The highest BCUT2D eigenvalue weighted by molar-refractivity contribution is 5.74. The maximum atomic E-state index is 10.5. The molecule has 20 heavy (non-hydrogen) atoms. The molecule has 0 aliphatic heterocycles. The van der Waals surface area contributed by atoms with Crippen LogP contribution in [0.25, 0.3) is 5.69 Å². The van der Waals surface area contributed by atoms with Gasteiger partial charge in [-0.3, -0.25) is 4.79 Å². The molecule has 3 aromatic rings. The molecule has 98 valence electrons. The van der Waals surface area contributed by atoms with Crippen molar-refractivity contribution in [3.05, 3.63) is 60.6 Å². The zero-order valence-corrected chi connectivity index (χ0v) is 10.4. The number of aromatic nitrogens is 4. The molecule has 1 aromatic carbocycles. The van der Waals surface area contributed by atoms with E-state index in [-0.39, 0.29) is 6.01 Å². The summed E-state index contributed by atoms with van der Waals surface area (Å²) in [4.78, 5) is 18.6. The Bertz CT molecular complexity index is 708. The quantitative estimate of drug-likeness (QED) is 0.677. The smallest absolute Gasteiger partial charge is 0.342 e. The molecule has 6 nitrogen and oxygen atoms in total. The average molecular weight is 266 g/mol. The van der Waals surface area contributed by atoms with Gasteiger partial charge in [-0.15, -0.1) is 5.10 Å². The summed E-state index contributed by atoms with van der Waals surface area (Å²) in [7, 11) is 0. The standard InChI is InChI=1S/C14H10N4O2/c19-9-11-6-7-13(15-8-11)20-14-16-10-18(17-14)12-4-2-1-3-5-12/h1-10H. The SMILES string of the molecule is O=Cc1ccc(Oc2ncn(-c3ccccc3)n2)nc1. The van der Waals surface area contributed by atoms with E-state index in [4.69, 9.17) is 4.74 Å². The number of carbonyl (C=O) groups excluding carboxylic acids is 1. The third kappa shape index (κ3) is 2.54. The molecule has 0 radical (unpaired) electrons. The van der Waals surface area contributed by atoms with E-state index >= 15 is 0 Å². The van der Waals surface area contributed by atoms with Crippen LogP contribution in [0.4, 0.5) is 0 Å². The second-order valence-corrected chi connectivity index (χ2v) is 3.96. The predicted octanol–water partition coefficient (Wildman–Crippen LogP) is 2.27. The Morgan fingerprint density at radius 1 is 1.05 bits per heavy atom. The summed E-state index contributed by atoms with van der Waals surface area (Å²) < 4.78 is 7.02. The molecule has 2 heterocycles. The van der Waals surface area contributed by atoms with Gasteiger partial charge in [0.2, 0.25) is 5.88 Å². The number of ether oxygens (including phenoxy) is 1. The van der Waals surface area contributed by atoms with Crippen molar-refractivity contribution in [3.63, 3.8) is 0 Å². The Kier molecular flexibility index (Phi) is 3.20. The number of para-hydroxylation sites is 1. The summed E-state index contributed by atoms with van der Waals surface area (Å²) in [6, 6.07) is 13.0. The molecule has 2 aromatic heterocycles. The molecule has 0 fully saturated rings. The van der Waals surface area contributed by atoms with Gasteiger partial charge in [0.15, 0.2) is 6.29 Å². The highest BCUT2D eigenvalue weighted by atomic mass is 16.5. The van der Waals surface area contributed by atoms with Crippen molar-refractivity contribution in [1.82, 2.24) is 19.7 Å². The van der Waals surface area contributed by atoms with Crippen LogP contribution in [0, 0.1) is 0 Å². The summed E-state index contributed by atoms with van der Waals surface area (Å²) in [6.07, 6.45) is 3.71. The van der Waals surface area contributed by atoms with Crippen molar-refractivity contribution in [2.45, 2.75) is 0 Å². The molecular formula is C14H10N4O2. The van der Waals surface area contributed by atoms with Gasteiger partial charge in [0.25, 0.3) is 0 Å². The van der Waals surface area contributed by atoms with Gasteiger partial charge in [-0.2, -0.15) is 4.98 Å². The Morgan fingerprint density at radius 3 is 2.60 bits per heavy atom. The molecule has 0 atom stereocenters. The van der Waals surface area contributed by atoms with Crippen LogP contribution >= 0.6 is 0 Å². The summed E-state index contributed by atoms with van der Waals surface area (Å²) in [5.41, 5.74) is 1.37. The third-order valence-corrected chi connectivity index (χ3v) is 2.58. The monoisotopic (exact) mass is 266 g/mol. The van der Waals surface area contributed by atoms with Crippen LogP contribution in [0.1, 0.15) is 10.4 Å². The molecule has 0 unspecified atom stereocenters. The Balaban J connectivity index is 1.78. The lowest BCUT2D eigenvalue weighted by molar-refractivity contribution is 0.112.